The molecule has 0 aliphatic heterocycles. The summed E-state index contributed by atoms with van der Waals surface area (Å²) < 4.78 is 6.49. The van der Waals surface area contributed by atoms with Crippen LogP contribution in [0.2, 0.25) is 0 Å². The molecule has 2 N–H and O–H groups in total. The van der Waals surface area contributed by atoms with Crippen LogP contribution in [0.5, 0.6) is 0 Å². The molecule has 0 bridgehead atoms. The zero-order valence-electron chi connectivity index (χ0n) is 13.7. The van der Waals surface area contributed by atoms with Gasteiger partial charge in [-0.15, -0.1) is 0 Å². The summed E-state index contributed by atoms with van der Waals surface area (Å²) >= 11 is 0. The lowest BCUT2D eigenvalue weighted by Crippen LogP contribution is -2.17. The van der Waals surface area contributed by atoms with Crippen molar-refractivity contribution in [1.29, 1.82) is 0 Å². The molecule has 0 saturated heterocycles. The molecule has 1 aromatic carbocycles. The van der Waals surface area contributed by atoms with Crippen LogP contribution in [0.3, 0.4) is 0 Å². The van der Waals surface area contributed by atoms with Gasteiger partial charge in [0.1, 0.15) is 12.4 Å². The lowest BCUT2D eigenvalue weighted by molar-refractivity contribution is -0.119. The number of carbonyl (C=O) groups is 2. The van der Waals surface area contributed by atoms with E-state index in [1.54, 1.807) is 42.2 Å². The van der Waals surface area contributed by atoms with Gasteiger partial charge in [-0.3, -0.25) is 9.78 Å². The SMILES string of the molecule is COCC(=O)Nc1cc(C(=O)O)c2c(c1)nc(-c1ccncc1)n2C. The van der Waals surface area contributed by atoms with Gasteiger partial charge in [0, 0.05) is 37.8 Å². The Morgan fingerprint density at radius 1 is 1.28 bits per heavy atom. The van der Waals surface area contributed by atoms with Crippen LogP contribution >= 0.6 is 0 Å². The Morgan fingerprint density at radius 2 is 2.00 bits per heavy atom. The van der Waals surface area contributed by atoms with E-state index in [9.17, 15) is 14.7 Å². The second-order valence-electron chi connectivity index (χ2n) is 5.41. The fourth-order valence-electron chi connectivity index (χ4n) is 2.67. The van der Waals surface area contributed by atoms with E-state index in [1.807, 2.05) is 0 Å². The molecule has 0 saturated carbocycles. The van der Waals surface area contributed by atoms with E-state index in [1.165, 1.54) is 13.2 Å². The zero-order valence-corrected chi connectivity index (χ0v) is 13.7. The molecule has 1 amide bonds. The van der Waals surface area contributed by atoms with E-state index in [0.29, 0.717) is 22.5 Å². The fraction of sp³-hybridized carbons (Fsp3) is 0.176. The minimum Gasteiger partial charge on any atom is -0.478 e. The van der Waals surface area contributed by atoms with Crippen molar-refractivity contribution >= 4 is 28.6 Å². The molecule has 0 fully saturated rings. The molecular weight excluding hydrogens is 324 g/mol. The van der Waals surface area contributed by atoms with Crippen molar-refractivity contribution in [3.05, 3.63) is 42.2 Å². The Labute approximate surface area is 143 Å². The van der Waals surface area contributed by atoms with Gasteiger partial charge in [-0.2, -0.15) is 0 Å². The Morgan fingerprint density at radius 3 is 2.64 bits per heavy atom. The normalized spacial score (nSPS) is 10.8. The summed E-state index contributed by atoms with van der Waals surface area (Å²) in [5.74, 6) is -0.860. The minimum atomic E-state index is -1.10. The van der Waals surface area contributed by atoms with Crippen molar-refractivity contribution in [2.24, 2.45) is 7.05 Å². The highest BCUT2D eigenvalue weighted by atomic mass is 16.5. The highest BCUT2D eigenvalue weighted by Crippen LogP contribution is 2.28. The molecule has 8 nitrogen and oxygen atoms in total. The number of hydrogen-bond acceptors (Lipinski definition) is 5. The molecular formula is C17H16N4O4. The number of anilines is 1. The number of fused-ring (bicyclic) bond motifs is 1. The largest absolute Gasteiger partial charge is 0.478 e. The number of aryl methyl sites for hydroxylation is 1. The molecule has 0 unspecified atom stereocenters. The molecule has 25 heavy (non-hydrogen) atoms. The number of imidazole rings is 1. The molecule has 2 aromatic heterocycles. The molecule has 2 heterocycles. The van der Waals surface area contributed by atoms with Crippen molar-refractivity contribution in [1.82, 2.24) is 14.5 Å². The number of benzene rings is 1. The van der Waals surface area contributed by atoms with Gasteiger partial charge in [0.2, 0.25) is 5.91 Å². The number of aromatic carboxylic acids is 1. The summed E-state index contributed by atoms with van der Waals surface area (Å²) in [7, 11) is 3.16. The second kappa shape index (κ2) is 6.70. The number of carboxylic acids is 1. The first kappa shape index (κ1) is 16.6. The van der Waals surface area contributed by atoms with E-state index in [-0.39, 0.29) is 18.1 Å². The number of nitrogens with zero attached hydrogens (tertiary/aromatic N) is 3. The molecule has 3 rings (SSSR count). The molecule has 0 spiro atoms. The predicted octanol–water partition coefficient (Wildman–Crippen LogP) is 1.92. The van der Waals surface area contributed by atoms with Crippen LogP contribution in [0.4, 0.5) is 5.69 Å². The van der Waals surface area contributed by atoms with Gasteiger partial charge in [-0.1, -0.05) is 0 Å². The van der Waals surface area contributed by atoms with Crippen molar-refractivity contribution in [3.8, 4) is 11.4 Å². The van der Waals surface area contributed by atoms with Crippen LogP contribution in [-0.2, 0) is 16.6 Å². The Kier molecular flexibility index (Phi) is 4.44. The van der Waals surface area contributed by atoms with Gasteiger partial charge in [-0.05, 0) is 24.3 Å². The molecule has 3 aromatic rings. The van der Waals surface area contributed by atoms with Gasteiger partial charge in [-0.25, -0.2) is 9.78 Å². The van der Waals surface area contributed by atoms with E-state index in [0.717, 1.165) is 5.56 Å². The maximum Gasteiger partial charge on any atom is 0.337 e. The van der Waals surface area contributed by atoms with Crippen LogP contribution in [-0.4, -0.2) is 45.2 Å². The quantitative estimate of drug-likeness (QED) is 0.735. The van der Waals surface area contributed by atoms with E-state index >= 15 is 0 Å². The Balaban J connectivity index is 2.16. The zero-order chi connectivity index (χ0) is 18.0. The van der Waals surface area contributed by atoms with Gasteiger partial charge >= 0.3 is 5.97 Å². The maximum atomic E-state index is 11.7. The highest BCUT2D eigenvalue weighted by Gasteiger charge is 2.19. The number of ether oxygens (including phenoxy) is 1. The molecule has 8 heteroatoms. The van der Waals surface area contributed by atoms with Crippen molar-refractivity contribution in [2.45, 2.75) is 0 Å². The number of hydrogen-bond donors (Lipinski definition) is 2. The first-order valence-corrected chi connectivity index (χ1v) is 7.44. The third kappa shape index (κ3) is 3.20. The van der Waals surface area contributed by atoms with Gasteiger partial charge < -0.3 is 19.7 Å². The van der Waals surface area contributed by atoms with E-state index < -0.39 is 5.97 Å². The molecule has 0 aliphatic carbocycles. The van der Waals surface area contributed by atoms with Crippen LogP contribution in [0.1, 0.15) is 10.4 Å². The standard InChI is InChI=1S/C17H16N4O4/c1-21-15-12(17(23)24)7-11(19-14(22)9-25-2)8-13(15)20-16(21)10-3-5-18-6-4-10/h3-8H,9H2,1-2H3,(H,19,22)(H,23,24). The van der Waals surface area contributed by atoms with Gasteiger partial charge in [0.25, 0.3) is 0 Å². The Bertz CT molecular complexity index is 950. The van der Waals surface area contributed by atoms with Gasteiger partial charge in [0.05, 0.1) is 16.6 Å². The topological polar surface area (TPSA) is 106 Å². The molecule has 128 valence electrons. The number of rotatable bonds is 5. The summed E-state index contributed by atoms with van der Waals surface area (Å²) in [6.45, 7) is -0.120. The summed E-state index contributed by atoms with van der Waals surface area (Å²) in [5, 5.41) is 12.2. The summed E-state index contributed by atoms with van der Waals surface area (Å²) in [4.78, 5) is 31.9. The lowest BCUT2D eigenvalue weighted by Gasteiger charge is -2.08. The van der Waals surface area contributed by atoms with Crippen LogP contribution in [0, 0.1) is 0 Å². The van der Waals surface area contributed by atoms with Crippen molar-refractivity contribution in [3.63, 3.8) is 0 Å². The number of carbonyl (C=O) groups excluding carboxylic acids is 1. The van der Waals surface area contributed by atoms with Gasteiger partial charge in [0.15, 0.2) is 0 Å². The second-order valence-corrected chi connectivity index (χ2v) is 5.41. The third-order valence-corrected chi connectivity index (χ3v) is 3.70. The number of pyridine rings is 1. The summed E-state index contributed by atoms with van der Waals surface area (Å²) in [6.07, 6.45) is 3.28. The van der Waals surface area contributed by atoms with Crippen LogP contribution in [0.25, 0.3) is 22.4 Å². The molecule has 0 atom stereocenters. The number of nitrogens with one attached hydrogen (secondary N) is 1. The third-order valence-electron chi connectivity index (χ3n) is 3.70. The molecule has 0 radical (unpaired) electrons. The van der Waals surface area contributed by atoms with Crippen molar-refractivity contribution < 1.29 is 19.4 Å². The average molecular weight is 340 g/mol. The maximum absolute atomic E-state index is 11.7. The smallest absolute Gasteiger partial charge is 0.337 e. The summed E-state index contributed by atoms with van der Waals surface area (Å²) in [6, 6.07) is 6.64. The minimum absolute atomic E-state index is 0.0560. The predicted molar refractivity (Wildman–Crippen MR) is 91.4 cm³/mol. The number of methoxy groups -OCH3 is 1. The molecule has 0 aliphatic rings. The van der Waals surface area contributed by atoms with E-state index in [4.69, 9.17) is 4.74 Å². The number of amides is 1. The van der Waals surface area contributed by atoms with Crippen LogP contribution < -0.4 is 5.32 Å². The highest BCUT2D eigenvalue weighted by molar-refractivity contribution is 6.05. The fourth-order valence-corrected chi connectivity index (χ4v) is 2.67. The first-order chi connectivity index (χ1) is 12.0. The number of carboxylic acid groups (broad SMARTS) is 1. The first-order valence-electron chi connectivity index (χ1n) is 7.44. The lowest BCUT2D eigenvalue weighted by atomic mass is 10.1. The van der Waals surface area contributed by atoms with Crippen molar-refractivity contribution in [2.75, 3.05) is 19.0 Å². The average Bonchev–Trinajstić information content (AvgIpc) is 2.92. The number of aromatic nitrogens is 3. The van der Waals surface area contributed by atoms with E-state index in [2.05, 4.69) is 15.3 Å². The Hall–Kier alpha value is -3.26. The summed E-state index contributed by atoms with van der Waals surface area (Å²) in [5.41, 5.74) is 2.17. The van der Waals surface area contributed by atoms with Crippen LogP contribution in [0.15, 0.2) is 36.7 Å². The monoisotopic (exact) mass is 340 g/mol.